The number of rotatable bonds is 36. The fourth-order valence-corrected chi connectivity index (χ4v) is 6.53. The topological polar surface area (TPSA) is 152 Å². The minimum absolute atomic E-state index is 0.220. The Morgan fingerprint density at radius 2 is 0.981 bits per heavy atom. The van der Waals surface area contributed by atoms with E-state index in [0.29, 0.717) is 12.8 Å². The molecule has 1 fully saturated rings. The van der Waals surface area contributed by atoms with Gasteiger partial charge in [0.05, 0.1) is 13.2 Å². The number of allylic oxidation sites excluding steroid dienone is 4. The molecule has 0 aromatic rings. The zero-order valence-corrected chi connectivity index (χ0v) is 34.2. The van der Waals surface area contributed by atoms with Crippen LogP contribution in [0.5, 0.6) is 0 Å². The van der Waals surface area contributed by atoms with Crippen LogP contribution >= 0.6 is 0 Å². The van der Waals surface area contributed by atoms with Crippen LogP contribution in [-0.4, -0.2) is 89.0 Å². The average Bonchev–Trinajstić information content (AvgIpc) is 3.17. The number of aliphatic hydroxyl groups is 4. The van der Waals surface area contributed by atoms with Gasteiger partial charge < -0.3 is 39.4 Å². The summed E-state index contributed by atoms with van der Waals surface area (Å²) in [6.45, 7) is 3.39. The van der Waals surface area contributed by atoms with Crippen molar-refractivity contribution in [3.05, 3.63) is 24.3 Å². The van der Waals surface area contributed by atoms with Crippen molar-refractivity contribution in [3.63, 3.8) is 0 Å². The number of hydrogen-bond donors (Lipinski definition) is 4. The van der Waals surface area contributed by atoms with Gasteiger partial charge in [-0.15, -0.1) is 0 Å². The number of aliphatic hydroxyl groups excluding tert-OH is 4. The summed E-state index contributed by atoms with van der Waals surface area (Å²) in [5, 5.41) is 40.0. The molecule has 0 aromatic carbocycles. The summed E-state index contributed by atoms with van der Waals surface area (Å²) in [4.78, 5) is 25.3. The SMILES string of the molecule is CCCCCCC/C=C\CCCCCCCC(=O)OCC(COC1OC(CO)C(O)C(O)C1O)OC(=O)CCCCCCC/C=C\CCCCCCCC. The van der Waals surface area contributed by atoms with Crippen LogP contribution < -0.4 is 0 Å². The van der Waals surface area contributed by atoms with Crippen LogP contribution in [0.3, 0.4) is 0 Å². The molecule has 6 atom stereocenters. The highest BCUT2D eigenvalue weighted by molar-refractivity contribution is 5.70. The first-order valence-corrected chi connectivity index (χ1v) is 21.9. The van der Waals surface area contributed by atoms with Gasteiger partial charge in [0, 0.05) is 12.8 Å². The van der Waals surface area contributed by atoms with Gasteiger partial charge in [-0.2, -0.15) is 0 Å². The van der Waals surface area contributed by atoms with Crippen LogP contribution in [0.15, 0.2) is 24.3 Å². The molecular formula is C44H80O10. The fraction of sp³-hybridized carbons (Fsp3) is 0.864. The maximum Gasteiger partial charge on any atom is 0.306 e. The van der Waals surface area contributed by atoms with Crippen molar-refractivity contribution in [2.24, 2.45) is 0 Å². The van der Waals surface area contributed by atoms with E-state index in [4.69, 9.17) is 18.9 Å². The molecule has 0 saturated carbocycles. The molecular weight excluding hydrogens is 688 g/mol. The smallest absolute Gasteiger partial charge is 0.306 e. The fourth-order valence-electron chi connectivity index (χ4n) is 6.53. The molecule has 316 valence electrons. The van der Waals surface area contributed by atoms with Crippen LogP contribution in [-0.2, 0) is 28.5 Å². The number of carbonyl (C=O) groups excluding carboxylic acids is 2. The molecule has 0 aliphatic carbocycles. The number of hydrogen-bond acceptors (Lipinski definition) is 10. The number of carbonyl (C=O) groups is 2. The first-order valence-electron chi connectivity index (χ1n) is 21.9. The van der Waals surface area contributed by atoms with E-state index < -0.39 is 49.4 Å². The third kappa shape index (κ3) is 26.9. The minimum Gasteiger partial charge on any atom is -0.462 e. The largest absolute Gasteiger partial charge is 0.462 e. The predicted molar refractivity (Wildman–Crippen MR) is 215 cm³/mol. The Hall–Kier alpha value is -1.82. The lowest BCUT2D eigenvalue weighted by atomic mass is 9.99. The van der Waals surface area contributed by atoms with Gasteiger partial charge >= 0.3 is 11.9 Å². The molecule has 0 aromatic heterocycles. The molecule has 0 spiro atoms. The van der Waals surface area contributed by atoms with Crippen LogP contribution in [0.4, 0.5) is 0 Å². The van der Waals surface area contributed by atoms with E-state index in [9.17, 15) is 30.0 Å². The minimum atomic E-state index is -1.59. The summed E-state index contributed by atoms with van der Waals surface area (Å²) in [6, 6.07) is 0. The summed E-state index contributed by atoms with van der Waals surface area (Å²) in [5.74, 6) is -0.823. The van der Waals surface area contributed by atoms with E-state index in [1.165, 1.54) is 83.5 Å². The van der Waals surface area contributed by atoms with Gasteiger partial charge in [-0.3, -0.25) is 9.59 Å². The quantitative estimate of drug-likeness (QED) is 0.0276. The number of esters is 2. The zero-order chi connectivity index (χ0) is 39.5. The molecule has 4 N–H and O–H groups in total. The Balaban J connectivity index is 2.36. The van der Waals surface area contributed by atoms with E-state index >= 15 is 0 Å². The lowest BCUT2D eigenvalue weighted by molar-refractivity contribution is -0.305. The van der Waals surface area contributed by atoms with Crippen molar-refractivity contribution in [2.75, 3.05) is 19.8 Å². The summed E-state index contributed by atoms with van der Waals surface area (Å²) >= 11 is 0. The molecule has 10 heteroatoms. The third-order valence-electron chi connectivity index (χ3n) is 10.1. The number of ether oxygens (including phenoxy) is 4. The van der Waals surface area contributed by atoms with E-state index in [1.54, 1.807) is 0 Å². The summed E-state index contributed by atoms with van der Waals surface area (Å²) in [5.41, 5.74) is 0. The molecule has 10 nitrogen and oxygen atoms in total. The molecule has 1 saturated heterocycles. The predicted octanol–water partition coefficient (Wildman–Crippen LogP) is 8.94. The zero-order valence-electron chi connectivity index (χ0n) is 34.2. The Kier molecular flexibility index (Phi) is 33.1. The molecule has 0 bridgehead atoms. The summed E-state index contributed by atoms with van der Waals surface area (Å²) in [7, 11) is 0. The van der Waals surface area contributed by atoms with Gasteiger partial charge in [-0.05, 0) is 64.2 Å². The van der Waals surface area contributed by atoms with Crippen molar-refractivity contribution < 1.29 is 49.0 Å². The van der Waals surface area contributed by atoms with E-state index in [2.05, 4.69) is 38.2 Å². The second-order valence-corrected chi connectivity index (χ2v) is 15.1. The molecule has 1 rings (SSSR count). The lowest BCUT2D eigenvalue weighted by Gasteiger charge is -2.39. The second-order valence-electron chi connectivity index (χ2n) is 15.1. The van der Waals surface area contributed by atoms with Crippen molar-refractivity contribution in [1.82, 2.24) is 0 Å². The van der Waals surface area contributed by atoms with Crippen molar-refractivity contribution in [2.45, 2.75) is 224 Å². The molecule has 54 heavy (non-hydrogen) atoms. The van der Waals surface area contributed by atoms with Crippen molar-refractivity contribution in [1.29, 1.82) is 0 Å². The van der Waals surface area contributed by atoms with Gasteiger partial charge in [0.25, 0.3) is 0 Å². The average molecular weight is 769 g/mol. The molecule has 0 amide bonds. The van der Waals surface area contributed by atoms with Crippen LogP contribution in [0, 0.1) is 0 Å². The Morgan fingerprint density at radius 1 is 0.556 bits per heavy atom. The molecule has 1 aliphatic heterocycles. The first kappa shape index (κ1) is 50.2. The maximum absolute atomic E-state index is 12.7. The molecule has 1 heterocycles. The standard InChI is InChI=1S/C44H80O10/c1-3-5-7-9-11-13-15-17-19-21-23-25-27-29-31-33-40(47)53-37(36-52-44-43(50)42(49)41(48)38(34-45)54-44)35-51-39(46)32-30-28-26-24-22-20-18-16-14-12-10-8-6-4-2/h16-19,37-38,41-45,48-50H,3-15,20-36H2,1-2H3/b18-16-,19-17-. The van der Waals surface area contributed by atoms with Crippen LogP contribution in [0.2, 0.25) is 0 Å². The van der Waals surface area contributed by atoms with Gasteiger partial charge in [0.2, 0.25) is 0 Å². The van der Waals surface area contributed by atoms with Crippen molar-refractivity contribution in [3.8, 4) is 0 Å². The molecule has 0 radical (unpaired) electrons. The van der Waals surface area contributed by atoms with Gasteiger partial charge in [-0.1, -0.05) is 134 Å². The normalized spacial score (nSPS) is 20.9. The maximum atomic E-state index is 12.7. The lowest BCUT2D eigenvalue weighted by Crippen LogP contribution is -2.59. The van der Waals surface area contributed by atoms with Crippen LogP contribution in [0.1, 0.15) is 187 Å². The Bertz CT molecular complexity index is 938. The van der Waals surface area contributed by atoms with Crippen molar-refractivity contribution >= 4 is 11.9 Å². The summed E-state index contributed by atoms with van der Waals surface area (Å²) in [6.07, 6.45) is 30.4. The first-order chi connectivity index (χ1) is 26.3. The number of unbranched alkanes of at least 4 members (excludes halogenated alkanes) is 21. The molecule has 1 aliphatic rings. The third-order valence-corrected chi connectivity index (χ3v) is 10.1. The Morgan fingerprint density at radius 3 is 1.44 bits per heavy atom. The van der Waals surface area contributed by atoms with Crippen LogP contribution in [0.25, 0.3) is 0 Å². The van der Waals surface area contributed by atoms with Gasteiger partial charge in [0.15, 0.2) is 12.4 Å². The van der Waals surface area contributed by atoms with Gasteiger partial charge in [0.1, 0.15) is 31.0 Å². The summed E-state index contributed by atoms with van der Waals surface area (Å²) < 4.78 is 22.1. The highest BCUT2D eigenvalue weighted by Crippen LogP contribution is 2.22. The second kappa shape index (κ2) is 35.6. The Labute approximate surface area is 328 Å². The highest BCUT2D eigenvalue weighted by atomic mass is 16.7. The van der Waals surface area contributed by atoms with E-state index in [1.807, 2.05) is 0 Å². The molecule has 6 unspecified atom stereocenters. The van der Waals surface area contributed by atoms with E-state index in [0.717, 1.165) is 64.2 Å². The van der Waals surface area contributed by atoms with E-state index in [-0.39, 0.29) is 32.0 Å². The van der Waals surface area contributed by atoms with Gasteiger partial charge in [-0.25, -0.2) is 0 Å². The monoisotopic (exact) mass is 769 g/mol. The highest BCUT2D eigenvalue weighted by Gasteiger charge is 2.44.